The Hall–Kier alpha value is -0.0800. The maximum Gasteiger partial charge on any atom is 0.00792 e. The summed E-state index contributed by atoms with van der Waals surface area (Å²) in [6.45, 7) is 1.07. The van der Waals surface area contributed by atoms with Crippen molar-refractivity contribution in [2.75, 3.05) is 13.6 Å². The van der Waals surface area contributed by atoms with E-state index in [2.05, 4.69) is 5.32 Å². The lowest BCUT2D eigenvalue weighted by Crippen LogP contribution is -2.26. The largest absolute Gasteiger partial charge is 0.327 e. The lowest BCUT2D eigenvalue weighted by molar-refractivity contribution is 0.534. The van der Waals surface area contributed by atoms with E-state index in [-0.39, 0.29) is 0 Å². The van der Waals surface area contributed by atoms with E-state index in [0.717, 1.165) is 18.9 Å². The quantitative estimate of drug-likeness (QED) is 0.572. The summed E-state index contributed by atoms with van der Waals surface area (Å²) >= 11 is 0. The molecule has 0 aromatic rings. The van der Waals surface area contributed by atoms with E-state index in [0.29, 0.717) is 6.04 Å². The Bertz CT molecular complexity index is 79.0. The van der Waals surface area contributed by atoms with Crippen LogP contribution < -0.4 is 11.1 Å². The summed E-state index contributed by atoms with van der Waals surface area (Å²) < 4.78 is 0. The molecule has 1 atom stereocenters. The minimum atomic E-state index is 0.470. The van der Waals surface area contributed by atoms with Crippen LogP contribution in [0.25, 0.3) is 0 Å². The topological polar surface area (TPSA) is 38.0 Å². The van der Waals surface area contributed by atoms with Crippen molar-refractivity contribution in [3.63, 3.8) is 0 Å². The van der Waals surface area contributed by atoms with Crippen LogP contribution in [-0.2, 0) is 0 Å². The van der Waals surface area contributed by atoms with Crippen LogP contribution in [0.1, 0.15) is 19.3 Å². The fraction of sp³-hybridized carbons (Fsp3) is 1.00. The number of rotatable bonds is 4. The highest BCUT2D eigenvalue weighted by molar-refractivity contribution is 4.83. The first-order chi connectivity index (χ1) is 4.34. The fourth-order valence-electron chi connectivity index (χ4n) is 1.07. The van der Waals surface area contributed by atoms with Crippen LogP contribution in [0.5, 0.6) is 0 Å². The smallest absolute Gasteiger partial charge is 0.00792 e. The van der Waals surface area contributed by atoms with Gasteiger partial charge in [-0.1, -0.05) is 0 Å². The molecule has 0 spiro atoms. The molecule has 3 N–H and O–H groups in total. The van der Waals surface area contributed by atoms with Crippen molar-refractivity contribution in [3.8, 4) is 0 Å². The molecule has 0 bridgehead atoms. The summed E-state index contributed by atoms with van der Waals surface area (Å²) in [6.07, 6.45) is 3.87. The molecule has 0 aromatic carbocycles. The number of nitrogens with two attached hydrogens (primary N) is 1. The van der Waals surface area contributed by atoms with Crippen molar-refractivity contribution in [2.45, 2.75) is 25.3 Å². The first-order valence-electron chi connectivity index (χ1n) is 3.74. The van der Waals surface area contributed by atoms with Crippen molar-refractivity contribution >= 4 is 0 Å². The molecule has 0 saturated heterocycles. The molecular formula is C7H16N2. The second-order valence-corrected chi connectivity index (χ2v) is 2.89. The standard InChI is InChI=1S/C7H16N2/c1-9-5-4-7(8)6-2-3-6/h6-7,9H,2-5,8H2,1H3. The first kappa shape index (κ1) is 7.03. The van der Waals surface area contributed by atoms with Gasteiger partial charge in [-0.3, -0.25) is 0 Å². The predicted molar refractivity (Wildman–Crippen MR) is 39.2 cm³/mol. The molecule has 2 nitrogen and oxygen atoms in total. The van der Waals surface area contributed by atoms with Crippen LogP contribution in [-0.4, -0.2) is 19.6 Å². The molecular weight excluding hydrogens is 112 g/mol. The van der Waals surface area contributed by atoms with Gasteiger partial charge in [0, 0.05) is 6.04 Å². The lowest BCUT2D eigenvalue weighted by Gasteiger charge is -2.07. The Kier molecular flexibility index (Phi) is 2.49. The molecule has 0 radical (unpaired) electrons. The highest BCUT2D eigenvalue weighted by Gasteiger charge is 2.27. The van der Waals surface area contributed by atoms with E-state index >= 15 is 0 Å². The fourth-order valence-corrected chi connectivity index (χ4v) is 1.07. The van der Waals surface area contributed by atoms with Gasteiger partial charge in [0.1, 0.15) is 0 Å². The van der Waals surface area contributed by atoms with Gasteiger partial charge < -0.3 is 11.1 Å². The number of nitrogens with one attached hydrogen (secondary N) is 1. The van der Waals surface area contributed by atoms with Gasteiger partial charge in [0.15, 0.2) is 0 Å². The lowest BCUT2D eigenvalue weighted by atomic mass is 10.1. The van der Waals surface area contributed by atoms with Crippen LogP contribution >= 0.6 is 0 Å². The zero-order chi connectivity index (χ0) is 6.69. The number of hydrogen-bond donors (Lipinski definition) is 2. The van der Waals surface area contributed by atoms with E-state index in [1.807, 2.05) is 7.05 Å². The van der Waals surface area contributed by atoms with Crippen LogP contribution in [0, 0.1) is 5.92 Å². The van der Waals surface area contributed by atoms with Gasteiger partial charge in [0.25, 0.3) is 0 Å². The minimum Gasteiger partial charge on any atom is -0.327 e. The monoisotopic (exact) mass is 128 g/mol. The van der Waals surface area contributed by atoms with E-state index in [4.69, 9.17) is 5.73 Å². The molecule has 2 heteroatoms. The Morgan fingerprint density at radius 3 is 2.78 bits per heavy atom. The molecule has 1 aliphatic rings. The summed E-state index contributed by atoms with van der Waals surface area (Å²) in [6, 6.07) is 0.470. The Balaban J connectivity index is 1.96. The van der Waals surface area contributed by atoms with Crippen LogP contribution in [0.2, 0.25) is 0 Å². The van der Waals surface area contributed by atoms with Crippen molar-refractivity contribution < 1.29 is 0 Å². The third-order valence-corrected chi connectivity index (χ3v) is 1.96. The molecule has 0 amide bonds. The van der Waals surface area contributed by atoms with Gasteiger partial charge in [-0.2, -0.15) is 0 Å². The summed E-state index contributed by atoms with van der Waals surface area (Å²) in [5, 5.41) is 3.10. The Morgan fingerprint density at radius 1 is 1.67 bits per heavy atom. The summed E-state index contributed by atoms with van der Waals surface area (Å²) in [4.78, 5) is 0. The van der Waals surface area contributed by atoms with Crippen molar-refractivity contribution in [3.05, 3.63) is 0 Å². The first-order valence-corrected chi connectivity index (χ1v) is 3.74. The maximum absolute atomic E-state index is 5.83. The van der Waals surface area contributed by atoms with E-state index in [1.165, 1.54) is 12.8 Å². The molecule has 0 heterocycles. The maximum atomic E-state index is 5.83. The molecule has 0 aromatic heterocycles. The normalized spacial score (nSPS) is 22.0. The van der Waals surface area contributed by atoms with Gasteiger partial charge in [0.05, 0.1) is 0 Å². The van der Waals surface area contributed by atoms with Crippen molar-refractivity contribution in [1.82, 2.24) is 5.32 Å². The van der Waals surface area contributed by atoms with Gasteiger partial charge in [-0.25, -0.2) is 0 Å². The van der Waals surface area contributed by atoms with Crippen molar-refractivity contribution in [2.24, 2.45) is 11.7 Å². The molecule has 0 aliphatic heterocycles. The van der Waals surface area contributed by atoms with Crippen molar-refractivity contribution in [1.29, 1.82) is 0 Å². The molecule has 1 fully saturated rings. The van der Waals surface area contributed by atoms with Crippen LogP contribution in [0.15, 0.2) is 0 Å². The second-order valence-electron chi connectivity index (χ2n) is 2.89. The van der Waals surface area contributed by atoms with Crippen LogP contribution in [0.3, 0.4) is 0 Å². The molecule has 1 aliphatic carbocycles. The van der Waals surface area contributed by atoms with Gasteiger partial charge in [-0.05, 0) is 38.8 Å². The molecule has 1 saturated carbocycles. The highest BCUT2D eigenvalue weighted by atomic mass is 14.8. The molecule has 1 rings (SSSR count). The number of hydrogen-bond acceptors (Lipinski definition) is 2. The average molecular weight is 128 g/mol. The second kappa shape index (κ2) is 3.18. The Labute approximate surface area is 56.8 Å². The molecule has 9 heavy (non-hydrogen) atoms. The van der Waals surface area contributed by atoms with Gasteiger partial charge in [-0.15, -0.1) is 0 Å². The predicted octanol–water partition coefficient (Wildman–Crippen LogP) is 0.333. The van der Waals surface area contributed by atoms with E-state index in [9.17, 15) is 0 Å². The zero-order valence-corrected chi connectivity index (χ0v) is 6.06. The summed E-state index contributed by atoms with van der Waals surface area (Å²) in [7, 11) is 1.97. The molecule has 54 valence electrons. The average Bonchev–Trinajstić information content (AvgIpc) is 2.63. The van der Waals surface area contributed by atoms with E-state index in [1.54, 1.807) is 0 Å². The van der Waals surface area contributed by atoms with Gasteiger partial charge >= 0.3 is 0 Å². The minimum absolute atomic E-state index is 0.470. The van der Waals surface area contributed by atoms with E-state index < -0.39 is 0 Å². The SMILES string of the molecule is CNCCC(N)C1CC1. The van der Waals surface area contributed by atoms with Gasteiger partial charge in [0.2, 0.25) is 0 Å². The highest BCUT2D eigenvalue weighted by Crippen LogP contribution is 2.32. The summed E-state index contributed by atoms with van der Waals surface area (Å²) in [5.41, 5.74) is 5.83. The Morgan fingerprint density at radius 2 is 2.33 bits per heavy atom. The third kappa shape index (κ3) is 2.33. The summed E-state index contributed by atoms with van der Waals surface area (Å²) in [5.74, 6) is 0.860. The molecule has 1 unspecified atom stereocenters. The van der Waals surface area contributed by atoms with Crippen LogP contribution in [0.4, 0.5) is 0 Å². The third-order valence-electron chi connectivity index (χ3n) is 1.96. The zero-order valence-electron chi connectivity index (χ0n) is 6.06.